The Labute approximate surface area is 170 Å². The molecule has 0 saturated heterocycles. The Kier molecular flexibility index (Phi) is 6.00. The maximum absolute atomic E-state index is 12.8. The maximum atomic E-state index is 12.8. The van der Waals surface area contributed by atoms with E-state index in [1.165, 1.54) is 24.3 Å². The van der Waals surface area contributed by atoms with Gasteiger partial charge in [-0.15, -0.1) is 5.11 Å². The lowest BCUT2D eigenvalue weighted by Gasteiger charge is -2.06. The van der Waals surface area contributed by atoms with Gasteiger partial charge in [-0.2, -0.15) is 9.80 Å². The predicted molar refractivity (Wildman–Crippen MR) is 110 cm³/mol. The fourth-order valence-corrected chi connectivity index (χ4v) is 2.90. The minimum Gasteiger partial charge on any atom is -0.291 e. The number of nitro groups is 1. The summed E-state index contributed by atoms with van der Waals surface area (Å²) in [6, 6.07) is 5.46. The zero-order valence-corrected chi connectivity index (χ0v) is 16.8. The fourth-order valence-electron chi connectivity index (χ4n) is 2.90. The molecule has 0 fully saturated rings. The molecule has 11 nitrogen and oxygen atoms in total. The second kappa shape index (κ2) is 8.64. The molecule has 0 aliphatic carbocycles. The predicted octanol–water partition coefficient (Wildman–Crippen LogP) is 3.53. The van der Waals surface area contributed by atoms with Crippen LogP contribution in [0.5, 0.6) is 0 Å². The Hall–Kier alpha value is -3.89. The second-order valence-electron chi connectivity index (χ2n) is 6.76. The Bertz CT molecular complexity index is 1220. The first-order valence-corrected chi connectivity index (χ1v) is 9.39. The van der Waals surface area contributed by atoms with Crippen LogP contribution in [0.1, 0.15) is 36.7 Å². The van der Waals surface area contributed by atoms with Crippen LogP contribution in [0, 0.1) is 24.0 Å². The molecule has 0 aliphatic heterocycles. The van der Waals surface area contributed by atoms with E-state index in [4.69, 9.17) is 0 Å². The number of unbranched alkanes of at least 4 members (excludes halogenated alkanes) is 1. The number of H-pyrrole nitrogens is 2. The van der Waals surface area contributed by atoms with Crippen molar-refractivity contribution in [1.82, 2.24) is 19.7 Å². The zero-order valence-electron chi connectivity index (χ0n) is 16.8. The standard InChI is InChI=1S/C19H21N7O4/c1-4-5-6-15-11(2)20-19(21-17(15)27)25-18(28)16(12(3)24-25)23-22-13-7-9-14(10-8-13)26(29)30/h7-10,24H,4-6H2,1-3H3,(H,20,21,27). The smallest absolute Gasteiger partial charge is 0.291 e. The van der Waals surface area contributed by atoms with Gasteiger partial charge >= 0.3 is 5.56 Å². The molecule has 11 heteroatoms. The van der Waals surface area contributed by atoms with E-state index in [0.717, 1.165) is 17.5 Å². The van der Waals surface area contributed by atoms with Gasteiger partial charge in [0, 0.05) is 17.7 Å². The highest BCUT2D eigenvalue weighted by atomic mass is 16.6. The number of nitrogens with one attached hydrogen (secondary N) is 2. The number of aromatic nitrogens is 4. The van der Waals surface area contributed by atoms with Crippen LogP contribution >= 0.6 is 0 Å². The summed E-state index contributed by atoms with van der Waals surface area (Å²) in [5.41, 5.74) is 1.13. The van der Waals surface area contributed by atoms with Crippen LogP contribution in [-0.4, -0.2) is 24.7 Å². The molecule has 0 unspecified atom stereocenters. The normalized spacial score (nSPS) is 11.3. The summed E-state index contributed by atoms with van der Waals surface area (Å²) in [4.78, 5) is 42.4. The molecule has 2 aromatic heterocycles. The number of nitro benzene ring substituents is 1. The van der Waals surface area contributed by atoms with Crippen molar-refractivity contribution in [2.24, 2.45) is 10.2 Å². The number of hydrogen-bond acceptors (Lipinski definition) is 7. The molecule has 2 N–H and O–H groups in total. The molecule has 0 radical (unpaired) electrons. The van der Waals surface area contributed by atoms with E-state index in [2.05, 4.69) is 25.3 Å². The quantitative estimate of drug-likeness (QED) is 0.346. The van der Waals surface area contributed by atoms with E-state index < -0.39 is 10.5 Å². The highest BCUT2D eigenvalue weighted by Crippen LogP contribution is 2.21. The second-order valence-corrected chi connectivity index (χ2v) is 6.76. The number of aryl methyl sites for hydroxylation is 2. The summed E-state index contributed by atoms with van der Waals surface area (Å²) < 4.78 is 1.11. The first-order chi connectivity index (χ1) is 14.3. The summed E-state index contributed by atoms with van der Waals surface area (Å²) in [5.74, 6) is 0.0719. The third-order valence-electron chi connectivity index (χ3n) is 4.57. The lowest BCUT2D eigenvalue weighted by Crippen LogP contribution is -2.24. The topological polar surface area (TPSA) is 151 Å². The molecule has 30 heavy (non-hydrogen) atoms. The van der Waals surface area contributed by atoms with Crippen LogP contribution in [0.3, 0.4) is 0 Å². The Morgan fingerprint density at radius 3 is 2.47 bits per heavy atom. The van der Waals surface area contributed by atoms with Crippen molar-refractivity contribution in [2.75, 3.05) is 0 Å². The van der Waals surface area contributed by atoms with E-state index in [9.17, 15) is 19.7 Å². The molecule has 3 rings (SSSR count). The van der Waals surface area contributed by atoms with Gasteiger partial charge in [-0.3, -0.25) is 29.8 Å². The molecule has 0 bridgehead atoms. The van der Waals surface area contributed by atoms with E-state index in [-0.39, 0.29) is 22.9 Å². The monoisotopic (exact) mass is 411 g/mol. The van der Waals surface area contributed by atoms with Gasteiger partial charge in [0.05, 0.1) is 22.0 Å². The minimum absolute atomic E-state index is 0.0451. The van der Waals surface area contributed by atoms with Crippen molar-refractivity contribution >= 4 is 17.1 Å². The average molecular weight is 411 g/mol. The van der Waals surface area contributed by atoms with Crippen molar-refractivity contribution in [3.63, 3.8) is 0 Å². The molecular formula is C19H21N7O4. The molecule has 0 amide bonds. The number of azo groups is 1. The number of hydrogen-bond donors (Lipinski definition) is 2. The summed E-state index contributed by atoms with van der Waals surface area (Å²) in [7, 11) is 0. The Morgan fingerprint density at radius 2 is 1.87 bits per heavy atom. The van der Waals surface area contributed by atoms with Gasteiger partial charge in [0.15, 0.2) is 5.69 Å². The van der Waals surface area contributed by atoms with Crippen molar-refractivity contribution in [1.29, 1.82) is 0 Å². The van der Waals surface area contributed by atoms with Crippen LogP contribution in [0.4, 0.5) is 17.1 Å². The molecule has 3 aromatic rings. The maximum Gasteiger partial charge on any atom is 0.301 e. The van der Waals surface area contributed by atoms with Crippen molar-refractivity contribution in [2.45, 2.75) is 40.0 Å². The largest absolute Gasteiger partial charge is 0.301 e. The first kappa shape index (κ1) is 20.8. The van der Waals surface area contributed by atoms with Gasteiger partial charge in [-0.25, -0.2) is 4.98 Å². The van der Waals surface area contributed by atoms with Crippen molar-refractivity contribution < 1.29 is 4.92 Å². The molecule has 0 spiro atoms. The first-order valence-electron chi connectivity index (χ1n) is 9.39. The van der Waals surface area contributed by atoms with Crippen molar-refractivity contribution in [3.05, 3.63) is 72.0 Å². The van der Waals surface area contributed by atoms with Crippen LogP contribution in [0.25, 0.3) is 5.95 Å². The lowest BCUT2D eigenvalue weighted by molar-refractivity contribution is -0.384. The van der Waals surface area contributed by atoms with Gasteiger partial charge in [0.2, 0.25) is 5.95 Å². The Balaban J connectivity index is 1.93. The summed E-state index contributed by atoms with van der Waals surface area (Å²) in [6.45, 7) is 5.42. The fraction of sp³-hybridized carbons (Fsp3) is 0.316. The zero-order chi connectivity index (χ0) is 21.8. The van der Waals surface area contributed by atoms with Crippen LogP contribution in [0.2, 0.25) is 0 Å². The van der Waals surface area contributed by atoms with Crippen LogP contribution in [0.15, 0.2) is 44.1 Å². The number of aromatic amines is 2. The number of nitrogens with zero attached hydrogens (tertiary/aromatic N) is 5. The van der Waals surface area contributed by atoms with Crippen molar-refractivity contribution in [3.8, 4) is 5.95 Å². The van der Waals surface area contributed by atoms with Gasteiger partial charge in [-0.05, 0) is 38.8 Å². The van der Waals surface area contributed by atoms with E-state index in [1.807, 2.05) is 6.92 Å². The molecule has 2 heterocycles. The average Bonchev–Trinajstić information content (AvgIpc) is 2.99. The van der Waals surface area contributed by atoms with E-state index in [1.54, 1.807) is 13.8 Å². The third-order valence-corrected chi connectivity index (χ3v) is 4.57. The van der Waals surface area contributed by atoms with Gasteiger partial charge < -0.3 is 0 Å². The molecule has 156 valence electrons. The molecular weight excluding hydrogens is 390 g/mol. The Morgan fingerprint density at radius 1 is 1.17 bits per heavy atom. The number of benzene rings is 1. The molecule has 1 aromatic carbocycles. The van der Waals surface area contributed by atoms with E-state index in [0.29, 0.717) is 29.1 Å². The number of non-ortho nitro benzene ring substituents is 1. The van der Waals surface area contributed by atoms with Crippen LogP contribution in [-0.2, 0) is 6.42 Å². The summed E-state index contributed by atoms with van der Waals surface area (Å²) in [6.07, 6.45) is 2.46. The SMILES string of the molecule is CCCCc1c(C)nc(-n2[nH]c(C)c(N=Nc3ccc([N+](=O)[O-])cc3)c2=O)[nH]c1=O. The molecule has 0 saturated carbocycles. The number of rotatable bonds is 7. The van der Waals surface area contributed by atoms with Crippen LogP contribution < -0.4 is 11.1 Å². The molecule has 0 aliphatic rings. The van der Waals surface area contributed by atoms with Gasteiger partial charge in [0.1, 0.15) is 0 Å². The lowest BCUT2D eigenvalue weighted by atomic mass is 10.1. The molecule has 0 atom stereocenters. The highest BCUT2D eigenvalue weighted by Gasteiger charge is 2.16. The van der Waals surface area contributed by atoms with E-state index >= 15 is 0 Å². The van der Waals surface area contributed by atoms with Gasteiger partial charge in [0.25, 0.3) is 11.2 Å². The minimum atomic E-state index is -0.526. The highest BCUT2D eigenvalue weighted by molar-refractivity contribution is 5.45. The van der Waals surface area contributed by atoms with Gasteiger partial charge in [-0.1, -0.05) is 13.3 Å². The third kappa shape index (κ3) is 4.24. The summed E-state index contributed by atoms with van der Waals surface area (Å²) >= 11 is 0. The summed E-state index contributed by atoms with van der Waals surface area (Å²) in [5, 5.41) is 21.5.